The number of hydrogen-bond donors (Lipinski definition) is 2. The number of nitrogens with zero attached hydrogens (tertiary/aromatic N) is 1. The Bertz CT molecular complexity index is 394. The smallest absolute Gasteiger partial charge is 0.170 e. The monoisotopic (exact) mass is 266 g/mol. The van der Waals surface area contributed by atoms with Crippen LogP contribution in [-0.2, 0) is 16.1 Å². The van der Waals surface area contributed by atoms with E-state index in [9.17, 15) is 0 Å². The first-order valence-corrected chi connectivity index (χ1v) is 6.50. The Labute approximate surface area is 114 Å². The number of nitrogens with two attached hydrogens (primary N) is 1. The van der Waals surface area contributed by atoms with Crippen LogP contribution in [0.3, 0.4) is 0 Å². The summed E-state index contributed by atoms with van der Waals surface area (Å²) in [6.45, 7) is 4.45. The minimum atomic E-state index is 0.0957. The van der Waals surface area contributed by atoms with Crippen LogP contribution in [0.25, 0.3) is 0 Å². The summed E-state index contributed by atoms with van der Waals surface area (Å²) in [6.07, 6.45) is 2.21. The van der Waals surface area contributed by atoms with Crippen molar-refractivity contribution >= 4 is 5.84 Å². The number of unbranched alkanes of at least 4 members (excludes halogenated alkanes) is 1. The number of amidine groups is 1. The standard InChI is InChI=1S/C14H22N2O3/c1-2-3-8-18-9-10-19-11-12-6-4-5-7-13(12)14(15)16-17/h4-7,17H,2-3,8-11H2,1H3,(H2,15,16). The molecule has 0 atom stereocenters. The fourth-order valence-corrected chi connectivity index (χ4v) is 1.60. The molecule has 0 aromatic heterocycles. The number of hydrogen-bond acceptors (Lipinski definition) is 4. The quantitative estimate of drug-likeness (QED) is 0.236. The molecule has 0 radical (unpaired) electrons. The number of benzene rings is 1. The highest BCUT2D eigenvalue weighted by Crippen LogP contribution is 2.09. The molecule has 1 aromatic rings. The van der Waals surface area contributed by atoms with Gasteiger partial charge in [-0.25, -0.2) is 0 Å². The van der Waals surface area contributed by atoms with Gasteiger partial charge in [0.1, 0.15) is 0 Å². The van der Waals surface area contributed by atoms with Gasteiger partial charge in [-0.1, -0.05) is 42.8 Å². The van der Waals surface area contributed by atoms with Gasteiger partial charge in [0.2, 0.25) is 0 Å². The summed E-state index contributed by atoms with van der Waals surface area (Å²) >= 11 is 0. The van der Waals surface area contributed by atoms with E-state index < -0.39 is 0 Å². The molecule has 3 N–H and O–H groups in total. The molecule has 19 heavy (non-hydrogen) atoms. The SMILES string of the molecule is CCCCOCCOCc1ccccc1/C(N)=N/O. The van der Waals surface area contributed by atoms with Crippen LogP contribution >= 0.6 is 0 Å². The summed E-state index contributed by atoms with van der Waals surface area (Å²) in [6, 6.07) is 7.42. The van der Waals surface area contributed by atoms with Gasteiger partial charge in [-0.3, -0.25) is 0 Å². The first-order valence-electron chi connectivity index (χ1n) is 6.50. The Morgan fingerprint density at radius 2 is 1.95 bits per heavy atom. The van der Waals surface area contributed by atoms with Crippen LogP contribution in [0.2, 0.25) is 0 Å². The van der Waals surface area contributed by atoms with Gasteiger partial charge in [-0.05, 0) is 12.0 Å². The lowest BCUT2D eigenvalue weighted by atomic mass is 10.1. The van der Waals surface area contributed by atoms with Crippen molar-refractivity contribution in [1.29, 1.82) is 0 Å². The lowest BCUT2D eigenvalue weighted by Crippen LogP contribution is -2.16. The van der Waals surface area contributed by atoms with E-state index >= 15 is 0 Å². The largest absolute Gasteiger partial charge is 0.409 e. The molecule has 0 amide bonds. The van der Waals surface area contributed by atoms with Crippen LogP contribution in [0.1, 0.15) is 30.9 Å². The van der Waals surface area contributed by atoms with E-state index in [0.29, 0.717) is 25.4 Å². The van der Waals surface area contributed by atoms with Gasteiger partial charge in [0, 0.05) is 12.2 Å². The number of oxime groups is 1. The molecule has 0 saturated carbocycles. The van der Waals surface area contributed by atoms with E-state index in [1.165, 1.54) is 0 Å². The van der Waals surface area contributed by atoms with Crippen LogP contribution in [0.5, 0.6) is 0 Å². The van der Waals surface area contributed by atoms with Gasteiger partial charge < -0.3 is 20.4 Å². The molecule has 0 heterocycles. The molecule has 0 unspecified atom stereocenters. The van der Waals surface area contributed by atoms with Crippen molar-refractivity contribution in [2.75, 3.05) is 19.8 Å². The zero-order chi connectivity index (χ0) is 13.9. The number of ether oxygens (including phenoxy) is 2. The fraction of sp³-hybridized carbons (Fsp3) is 0.500. The van der Waals surface area contributed by atoms with E-state index in [2.05, 4.69) is 12.1 Å². The molecular formula is C14H22N2O3. The molecule has 0 spiro atoms. The van der Waals surface area contributed by atoms with Gasteiger partial charge in [0.25, 0.3) is 0 Å². The van der Waals surface area contributed by atoms with Crippen LogP contribution in [0, 0.1) is 0 Å². The van der Waals surface area contributed by atoms with Crippen LogP contribution < -0.4 is 5.73 Å². The summed E-state index contributed by atoms with van der Waals surface area (Å²) < 4.78 is 10.9. The third-order valence-electron chi connectivity index (χ3n) is 2.67. The molecule has 0 aliphatic heterocycles. The highest BCUT2D eigenvalue weighted by atomic mass is 16.5. The van der Waals surface area contributed by atoms with E-state index in [1.54, 1.807) is 6.07 Å². The summed E-state index contributed by atoms with van der Waals surface area (Å²) in [5.74, 6) is 0.0957. The Kier molecular flexibility index (Phi) is 7.62. The summed E-state index contributed by atoms with van der Waals surface area (Å²) in [4.78, 5) is 0. The Hall–Kier alpha value is -1.59. The van der Waals surface area contributed by atoms with Crippen molar-refractivity contribution in [3.8, 4) is 0 Å². The predicted octanol–water partition coefficient (Wildman–Crippen LogP) is 2.11. The first kappa shape index (κ1) is 15.5. The zero-order valence-corrected chi connectivity index (χ0v) is 11.3. The zero-order valence-electron chi connectivity index (χ0n) is 11.3. The Morgan fingerprint density at radius 3 is 2.68 bits per heavy atom. The lowest BCUT2D eigenvalue weighted by molar-refractivity contribution is 0.0396. The van der Waals surface area contributed by atoms with Crippen LogP contribution in [0.15, 0.2) is 29.4 Å². The van der Waals surface area contributed by atoms with Crippen molar-refractivity contribution in [3.05, 3.63) is 35.4 Å². The average Bonchev–Trinajstić information content (AvgIpc) is 2.46. The second kappa shape index (κ2) is 9.35. The van der Waals surface area contributed by atoms with Gasteiger partial charge in [-0.2, -0.15) is 0 Å². The second-order valence-corrected chi connectivity index (χ2v) is 4.16. The predicted molar refractivity (Wildman–Crippen MR) is 74.3 cm³/mol. The third-order valence-corrected chi connectivity index (χ3v) is 2.67. The molecule has 5 heteroatoms. The first-order chi connectivity index (χ1) is 9.29. The van der Waals surface area contributed by atoms with E-state index in [-0.39, 0.29) is 5.84 Å². The average molecular weight is 266 g/mol. The molecule has 106 valence electrons. The summed E-state index contributed by atoms with van der Waals surface area (Å²) in [5, 5.41) is 11.7. The molecular weight excluding hydrogens is 244 g/mol. The lowest BCUT2D eigenvalue weighted by Gasteiger charge is -2.09. The molecule has 1 aromatic carbocycles. The van der Waals surface area contributed by atoms with Gasteiger partial charge in [0.05, 0.1) is 19.8 Å². The van der Waals surface area contributed by atoms with Crippen molar-refractivity contribution in [1.82, 2.24) is 0 Å². The molecule has 0 fully saturated rings. The normalized spacial score (nSPS) is 11.7. The second-order valence-electron chi connectivity index (χ2n) is 4.16. The maximum absolute atomic E-state index is 8.71. The maximum atomic E-state index is 8.71. The van der Waals surface area contributed by atoms with Crippen LogP contribution in [0.4, 0.5) is 0 Å². The Morgan fingerprint density at radius 1 is 1.21 bits per heavy atom. The molecule has 0 bridgehead atoms. The van der Waals surface area contributed by atoms with Crippen molar-refractivity contribution in [3.63, 3.8) is 0 Å². The number of rotatable bonds is 9. The summed E-state index contributed by atoms with van der Waals surface area (Å²) in [7, 11) is 0. The molecule has 5 nitrogen and oxygen atoms in total. The van der Waals surface area contributed by atoms with E-state index in [0.717, 1.165) is 25.0 Å². The minimum absolute atomic E-state index is 0.0957. The van der Waals surface area contributed by atoms with Crippen molar-refractivity contribution < 1.29 is 14.7 Å². The molecule has 1 rings (SSSR count). The highest BCUT2D eigenvalue weighted by Gasteiger charge is 2.05. The maximum Gasteiger partial charge on any atom is 0.170 e. The highest BCUT2D eigenvalue weighted by molar-refractivity contribution is 5.98. The van der Waals surface area contributed by atoms with Crippen molar-refractivity contribution in [2.24, 2.45) is 10.9 Å². The van der Waals surface area contributed by atoms with E-state index in [1.807, 2.05) is 18.2 Å². The van der Waals surface area contributed by atoms with Crippen LogP contribution in [-0.4, -0.2) is 30.9 Å². The Balaban J connectivity index is 2.33. The topological polar surface area (TPSA) is 77.1 Å². The van der Waals surface area contributed by atoms with Gasteiger partial charge in [-0.15, -0.1) is 0 Å². The third kappa shape index (κ3) is 5.72. The van der Waals surface area contributed by atoms with Gasteiger partial charge in [0.15, 0.2) is 5.84 Å². The van der Waals surface area contributed by atoms with E-state index in [4.69, 9.17) is 20.4 Å². The molecule has 0 aliphatic rings. The fourth-order valence-electron chi connectivity index (χ4n) is 1.60. The minimum Gasteiger partial charge on any atom is -0.409 e. The van der Waals surface area contributed by atoms with Crippen molar-refractivity contribution in [2.45, 2.75) is 26.4 Å². The molecule has 0 aliphatic carbocycles. The summed E-state index contributed by atoms with van der Waals surface area (Å²) in [5.41, 5.74) is 7.19. The van der Waals surface area contributed by atoms with Gasteiger partial charge >= 0.3 is 0 Å². The molecule has 0 saturated heterocycles.